The summed E-state index contributed by atoms with van der Waals surface area (Å²) < 4.78 is 10.4. The van der Waals surface area contributed by atoms with E-state index in [0.29, 0.717) is 0 Å². The summed E-state index contributed by atoms with van der Waals surface area (Å²) in [7, 11) is 0. The second-order valence-electron chi connectivity index (χ2n) is 5.91. The number of rotatable bonds is 2. The largest absolute Gasteiger partial charge is 0.479 e. The fraction of sp³-hybridized carbons (Fsp3) is 0.833. The van der Waals surface area contributed by atoms with Crippen LogP contribution in [0.25, 0.3) is 0 Å². The van der Waals surface area contributed by atoms with Gasteiger partial charge in [0, 0.05) is 5.92 Å². The molecule has 2 aliphatic rings. The molecule has 0 aromatic rings. The molecule has 102 valence electrons. The van der Waals surface area contributed by atoms with Crippen molar-refractivity contribution < 1.29 is 24.2 Å². The standard InChI is InChI=1S/C12H19NO5/c1-12(2,3)18-11(16)13-8-5-17-9(10(14)15)7-4-6(7)8/h6-9H,4-5H2,1-3H3,(H,13,16)(H,14,15). The Morgan fingerprint density at radius 1 is 1.33 bits per heavy atom. The highest BCUT2D eigenvalue weighted by atomic mass is 16.6. The lowest BCUT2D eigenvalue weighted by molar-refractivity contribution is -0.155. The monoisotopic (exact) mass is 257 g/mol. The SMILES string of the molecule is CC(C)(C)OC(=O)NC1COC(C(=O)O)C2CC12. The number of hydrogen-bond acceptors (Lipinski definition) is 4. The van der Waals surface area contributed by atoms with E-state index in [-0.39, 0.29) is 24.5 Å². The Kier molecular flexibility index (Phi) is 3.23. The number of carbonyl (C=O) groups is 2. The number of ether oxygens (including phenoxy) is 2. The summed E-state index contributed by atoms with van der Waals surface area (Å²) in [5.74, 6) is -0.693. The molecule has 1 saturated carbocycles. The van der Waals surface area contributed by atoms with Crippen molar-refractivity contribution >= 4 is 12.1 Å². The molecule has 0 aromatic heterocycles. The number of hydrogen-bond donors (Lipinski definition) is 2. The highest BCUT2D eigenvalue weighted by Gasteiger charge is 2.54. The van der Waals surface area contributed by atoms with Crippen LogP contribution >= 0.6 is 0 Å². The minimum atomic E-state index is -0.918. The lowest BCUT2D eigenvalue weighted by Crippen LogP contribution is -2.47. The minimum absolute atomic E-state index is 0.0242. The van der Waals surface area contributed by atoms with Gasteiger partial charge >= 0.3 is 12.1 Å². The van der Waals surface area contributed by atoms with Crippen LogP contribution in [0, 0.1) is 11.8 Å². The molecule has 0 bridgehead atoms. The maximum Gasteiger partial charge on any atom is 0.407 e. The zero-order valence-electron chi connectivity index (χ0n) is 10.8. The van der Waals surface area contributed by atoms with E-state index in [1.807, 2.05) is 0 Å². The van der Waals surface area contributed by atoms with Crippen molar-refractivity contribution in [3.05, 3.63) is 0 Å². The Bertz CT molecular complexity index is 362. The van der Waals surface area contributed by atoms with Gasteiger partial charge in [-0.2, -0.15) is 0 Å². The van der Waals surface area contributed by atoms with Crippen molar-refractivity contribution in [3.8, 4) is 0 Å². The molecular formula is C12H19NO5. The number of aliphatic carboxylic acids is 1. The van der Waals surface area contributed by atoms with Crippen molar-refractivity contribution in [1.29, 1.82) is 0 Å². The summed E-state index contributed by atoms with van der Waals surface area (Å²) in [6.45, 7) is 5.62. The maximum absolute atomic E-state index is 11.6. The molecule has 0 aromatic carbocycles. The third kappa shape index (κ3) is 2.93. The van der Waals surface area contributed by atoms with Gasteiger partial charge in [-0.15, -0.1) is 0 Å². The molecule has 1 saturated heterocycles. The van der Waals surface area contributed by atoms with Crippen LogP contribution in [-0.4, -0.2) is 41.5 Å². The molecule has 1 aliphatic heterocycles. The van der Waals surface area contributed by atoms with Gasteiger partial charge in [-0.3, -0.25) is 0 Å². The third-order valence-corrected chi connectivity index (χ3v) is 3.20. The third-order valence-electron chi connectivity index (χ3n) is 3.20. The van der Waals surface area contributed by atoms with Gasteiger partial charge in [0.05, 0.1) is 12.6 Å². The van der Waals surface area contributed by atoms with Crippen LogP contribution < -0.4 is 5.32 Å². The Morgan fingerprint density at radius 2 is 2.00 bits per heavy atom. The fourth-order valence-corrected chi connectivity index (χ4v) is 2.36. The molecule has 6 nitrogen and oxygen atoms in total. The van der Waals surface area contributed by atoms with E-state index in [1.54, 1.807) is 20.8 Å². The molecule has 1 amide bonds. The first-order valence-electron chi connectivity index (χ1n) is 6.12. The average Bonchev–Trinajstić information content (AvgIpc) is 2.93. The topological polar surface area (TPSA) is 84.9 Å². The number of fused-ring (bicyclic) bond motifs is 1. The molecule has 2 N–H and O–H groups in total. The predicted octanol–water partition coefficient (Wildman–Crippen LogP) is 0.999. The predicted molar refractivity (Wildman–Crippen MR) is 62.1 cm³/mol. The molecule has 6 heteroatoms. The van der Waals surface area contributed by atoms with Crippen LogP contribution in [0.15, 0.2) is 0 Å². The summed E-state index contributed by atoms with van der Waals surface area (Å²) in [5.41, 5.74) is -0.536. The van der Waals surface area contributed by atoms with Crippen LogP contribution in [0.2, 0.25) is 0 Å². The smallest absolute Gasteiger partial charge is 0.407 e. The maximum atomic E-state index is 11.6. The molecule has 4 unspecified atom stereocenters. The van der Waals surface area contributed by atoms with Gasteiger partial charge in [-0.1, -0.05) is 0 Å². The molecule has 1 heterocycles. The lowest BCUT2D eigenvalue weighted by atomic mass is 10.1. The van der Waals surface area contributed by atoms with E-state index in [4.69, 9.17) is 14.6 Å². The van der Waals surface area contributed by atoms with Crippen LogP contribution in [0.5, 0.6) is 0 Å². The highest BCUT2D eigenvalue weighted by Crippen LogP contribution is 2.48. The Morgan fingerprint density at radius 3 is 2.56 bits per heavy atom. The van der Waals surface area contributed by atoms with Crippen LogP contribution in [0.3, 0.4) is 0 Å². The van der Waals surface area contributed by atoms with E-state index in [9.17, 15) is 9.59 Å². The zero-order chi connectivity index (χ0) is 13.5. The number of carbonyl (C=O) groups excluding carboxylic acids is 1. The quantitative estimate of drug-likeness (QED) is 0.771. The van der Waals surface area contributed by atoms with Gasteiger partial charge < -0.3 is 19.9 Å². The first kappa shape index (κ1) is 13.1. The molecule has 0 spiro atoms. The Balaban J connectivity index is 1.84. The molecule has 0 radical (unpaired) electrons. The van der Waals surface area contributed by atoms with Crippen LogP contribution in [-0.2, 0) is 14.3 Å². The normalized spacial score (nSPS) is 34.4. The van der Waals surface area contributed by atoms with E-state index in [0.717, 1.165) is 6.42 Å². The summed E-state index contributed by atoms with van der Waals surface area (Å²) in [4.78, 5) is 22.5. The Labute approximate surface area is 106 Å². The van der Waals surface area contributed by atoms with E-state index >= 15 is 0 Å². The number of amides is 1. The van der Waals surface area contributed by atoms with Crippen LogP contribution in [0.1, 0.15) is 27.2 Å². The van der Waals surface area contributed by atoms with E-state index in [1.165, 1.54) is 0 Å². The zero-order valence-corrected chi connectivity index (χ0v) is 10.8. The number of nitrogens with one attached hydrogen (secondary N) is 1. The second-order valence-corrected chi connectivity index (χ2v) is 5.91. The Hall–Kier alpha value is -1.30. The van der Waals surface area contributed by atoms with Crippen molar-refractivity contribution in [2.24, 2.45) is 11.8 Å². The van der Waals surface area contributed by atoms with Gasteiger partial charge in [0.1, 0.15) is 5.60 Å². The molecule has 1 aliphatic carbocycles. The summed E-state index contributed by atoms with van der Waals surface area (Å²) in [5, 5.41) is 11.7. The summed E-state index contributed by atoms with van der Waals surface area (Å²) in [6.07, 6.45) is -0.403. The van der Waals surface area contributed by atoms with Gasteiger partial charge in [-0.05, 0) is 33.1 Å². The minimum Gasteiger partial charge on any atom is -0.479 e. The summed E-state index contributed by atoms with van der Waals surface area (Å²) >= 11 is 0. The highest BCUT2D eigenvalue weighted by molar-refractivity contribution is 5.74. The molecule has 2 fully saturated rings. The van der Waals surface area contributed by atoms with Crippen LogP contribution in [0.4, 0.5) is 4.79 Å². The first-order valence-corrected chi connectivity index (χ1v) is 6.12. The average molecular weight is 257 g/mol. The first-order chi connectivity index (χ1) is 8.28. The molecule has 2 rings (SSSR count). The summed E-state index contributed by atoms with van der Waals surface area (Å²) in [6, 6.07) is -0.138. The number of carboxylic acid groups (broad SMARTS) is 1. The molecular weight excluding hydrogens is 238 g/mol. The molecule has 4 atom stereocenters. The van der Waals surface area contributed by atoms with Crippen molar-refractivity contribution in [1.82, 2.24) is 5.32 Å². The lowest BCUT2D eigenvalue weighted by Gasteiger charge is -2.28. The molecule has 18 heavy (non-hydrogen) atoms. The number of carboxylic acids is 1. The van der Waals surface area contributed by atoms with Crippen molar-refractivity contribution in [2.75, 3.05) is 6.61 Å². The van der Waals surface area contributed by atoms with E-state index < -0.39 is 23.8 Å². The fourth-order valence-electron chi connectivity index (χ4n) is 2.36. The number of alkyl carbamates (subject to hydrolysis) is 1. The van der Waals surface area contributed by atoms with Gasteiger partial charge in [0.25, 0.3) is 0 Å². The van der Waals surface area contributed by atoms with Gasteiger partial charge in [0.15, 0.2) is 6.10 Å². The van der Waals surface area contributed by atoms with Gasteiger partial charge in [-0.25, -0.2) is 9.59 Å². The van der Waals surface area contributed by atoms with E-state index in [2.05, 4.69) is 5.32 Å². The van der Waals surface area contributed by atoms with Crippen molar-refractivity contribution in [2.45, 2.75) is 44.9 Å². The second kappa shape index (κ2) is 4.42. The van der Waals surface area contributed by atoms with Gasteiger partial charge in [0.2, 0.25) is 0 Å². The van der Waals surface area contributed by atoms with Crippen molar-refractivity contribution in [3.63, 3.8) is 0 Å².